The quantitative estimate of drug-likeness (QED) is 0.839. The van der Waals surface area contributed by atoms with Crippen molar-refractivity contribution in [1.29, 1.82) is 0 Å². The van der Waals surface area contributed by atoms with Crippen molar-refractivity contribution >= 4 is 11.7 Å². The molecule has 1 spiro atoms. The van der Waals surface area contributed by atoms with Gasteiger partial charge in [-0.1, -0.05) is 12.5 Å². The third-order valence-corrected chi connectivity index (χ3v) is 4.55. The highest BCUT2D eigenvalue weighted by Crippen LogP contribution is 2.45. The van der Waals surface area contributed by atoms with Gasteiger partial charge in [-0.25, -0.2) is 4.98 Å². The van der Waals surface area contributed by atoms with E-state index in [-0.39, 0.29) is 17.4 Å². The molecular formula is C15H21N3O. The maximum Gasteiger partial charge on any atom is 0.234 e. The van der Waals surface area contributed by atoms with Crippen LogP contribution in [0.1, 0.15) is 37.8 Å². The second-order valence-corrected chi connectivity index (χ2v) is 5.98. The van der Waals surface area contributed by atoms with Crippen LogP contribution in [-0.4, -0.2) is 23.5 Å². The van der Waals surface area contributed by atoms with E-state index in [0.717, 1.165) is 50.2 Å². The molecule has 0 radical (unpaired) electrons. The fourth-order valence-corrected chi connectivity index (χ4v) is 3.55. The van der Waals surface area contributed by atoms with Crippen molar-refractivity contribution < 1.29 is 4.79 Å². The fraction of sp³-hybridized carbons (Fsp3) is 0.600. The van der Waals surface area contributed by atoms with Gasteiger partial charge in [0.1, 0.15) is 5.82 Å². The normalized spacial score (nSPS) is 31.2. The summed E-state index contributed by atoms with van der Waals surface area (Å²) in [7, 11) is 0. The summed E-state index contributed by atoms with van der Waals surface area (Å²) < 4.78 is 0. The Hall–Kier alpha value is -1.42. The Balaban J connectivity index is 1.86. The minimum Gasteiger partial charge on any atom is -0.328 e. The molecule has 0 aromatic carbocycles. The Bertz CT molecular complexity index is 502. The molecule has 2 N–H and O–H groups in total. The third-order valence-electron chi connectivity index (χ3n) is 4.55. The summed E-state index contributed by atoms with van der Waals surface area (Å²) in [6.07, 6.45) is 4.88. The van der Waals surface area contributed by atoms with Crippen molar-refractivity contribution in [2.75, 3.05) is 11.4 Å². The van der Waals surface area contributed by atoms with Gasteiger partial charge in [-0.3, -0.25) is 9.69 Å². The average molecular weight is 259 g/mol. The van der Waals surface area contributed by atoms with Crippen LogP contribution in [0.2, 0.25) is 0 Å². The molecule has 1 saturated carbocycles. The zero-order valence-electron chi connectivity index (χ0n) is 11.4. The number of amides is 1. The highest BCUT2D eigenvalue weighted by molar-refractivity contribution is 5.99. The summed E-state index contributed by atoms with van der Waals surface area (Å²) in [5.74, 6) is 1.03. The monoisotopic (exact) mass is 259 g/mol. The third kappa shape index (κ3) is 2.14. The SMILES string of the molecule is Cc1cccc(N2CCC3(CCCC(N)C3)C2=O)n1. The molecule has 1 aliphatic heterocycles. The maximum absolute atomic E-state index is 12.8. The number of nitrogens with two attached hydrogens (primary N) is 1. The summed E-state index contributed by atoms with van der Waals surface area (Å²) in [4.78, 5) is 19.1. The summed E-state index contributed by atoms with van der Waals surface area (Å²) >= 11 is 0. The molecule has 19 heavy (non-hydrogen) atoms. The standard InChI is InChI=1S/C15H21N3O/c1-11-4-2-6-13(17-11)18-9-8-15(14(18)19)7-3-5-12(16)10-15/h2,4,6,12H,3,5,7-10,16H2,1H3. The number of nitrogens with zero attached hydrogens (tertiary/aromatic N) is 2. The van der Waals surface area contributed by atoms with Gasteiger partial charge in [0.15, 0.2) is 0 Å². The smallest absolute Gasteiger partial charge is 0.234 e. The first kappa shape index (κ1) is 12.6. The van der Waals surface area contributed by atoms with Crippen LogP contribution in [0.3, 0.4) is 0 Å². The fourth-order valence-electron chi connectivity index (χ4n) is 3.55. The largest absolute Gasteiger partial charge is 0.328 e. The van der Waals surface area contributed by atoms with Gasteiger partial charge in [0, 0.05) is 18.3 Å². The van der Waals surface area contributed by atoms with Gasteiger partial charge in [-0.15, -0.1) is 0 Å². The molecule has 4 nitrogen and oxygen atoms in total. The van der Waals surface area contributed by atoms with Crippen molar-refractivity contribution in [3.63, 3.8) is 0 Å². The average Bonchev–Trinajstić information content (AvgIpc) is 2.67. The van der Waals surface area contributed by atoms with Gasteiger partial charge in [0.25, 0.3) is 0 Å². The van der Waals surface area contributed by atoms with E-state index >= 15 is 0 Å². The lowest BCUT2D eigenvalue weighted by molar-refractivity contribution is -0.127. The number of aromatic nitrogens is 1. The molecule has 1 amide bonds. The van der Waals surface area contributed by atoms with Crippen LogP contribution in [0.4, 0.5) is 5.82 Å². The molecule has 1 aromatic rings. The van der Waals surface area contributed by atoms with Crippen molar-refractivity contribution in [2.45, 2.75) is 45.1 Å². The van der Waals surface area contributed by atoms with E-state index in [2.05, 4.69) is 4.98 Å². The van der Waals surface area contributed by atoms with Crippen LogP contribution < -0.4 is 10.6 Å². The number of hydrogen-bond donors (Lipinski definition) is 1. The predicted molar refractivity (Wildman–Crippen MR) is 74.8 cm³/mol. The molecule has 102 valence electrons. The van der Waals surface area contributed by atoms with Gasteiger partial charge in [-0.05, 0) is 44.7 Å². The first-order valence-electron chi connectivity index (χ1n) is 7.12. The molecule has 0 bridgehead atoms. The molecule has 1 aromatic heterocycles. The van der Waals surface area contributed by atoms with E-state index in [1.165, 1.54) is 0 Å². The Morgan fingerprint density at radius 3 is 3.00 bits per heavy atom. The molecule has 4 heteroatoms. The van der Waals surface area contributed by atoms with Crippen LogP contribution in [0, 0.1) is 12.3 Å². The van der Waals surface area contributed by atoms with Gasteiger partial charge in [0.05, 0.1) is 5.41 Å². The van der Waals surface area contributed by atoms with Crippen LogP contribution >= 0.6 is 0 Å². The Labute approximate surface area is 114 Å². The van der Waals surface area contributed by atoms with E-state index in [1.54, 1.807) is 0 Å². The maximum atomic E-state index is 12.8. The number of hydrogen-bond acceptors (Lipinski definition) is 3. The molecule has 1 aliphatic carbocycles. The van der Waals surface area contributed by atoms with E-state index in [0.29, 0.717) is 0 Å². The zero-order chi connectivity index (χ0) is 13.5. The van der Waals surface area contributed by atoms with Crippen molar-refractivity contribution in [1.82, 2.24) is 4.98 Å². The molecule has 2 aliphatic rings. The highest BCUT2D eigenvalue weighted by atomic mass is 16.2. The molecule has 1 saturated heterocycles. The van der Waals surface area contributed by atoms with Crippen LogP contribution in [0.25, 0.3) is 0 Å². The Morgan fingerprint density at radius 1 is 1.42 bits per heavy atom. The topological polar surface area (TPSA) is 59.2 Å². The summed E-state index contributed by atoms with van der Waals surface area (Å²) in [6.45, 7) is 2.73. The van der Waals surface area contributed by atoms with Crippen LogP contribution in [0.5, 0.6) is 0 Å². The van der Waals surface area contributed by atoms with Crippen LogP contribution in [0.15, 0.2) is 18.2 Å². The number of pyridine rings is 1. The second kappa shape index (κ2) is 4.60. The van der Waals surface area contributed by atoms with Crippen LogP contribution in [-0.2, 0) is 4.79 Å². The van der Waals surface area contributed by atoms with Gasteiger partial charge in [0.2, 0.25) is 5.91 Å². The number of aryl methyl sites for hydroxylation is 1. The summed E-state index contributed by atoms with van der Waals surface area (Å²) in [5, 5.41) is 0. The first-order chi connectivity index (χ1) is 9.11. The number of anilines is 1. The number of carbonyl (C=O) groups excluding carboxylic acids is 1. The van der Waals surface area contributed by atoms with E-state index in [9.17, 15) is 4.79 Å². The minimum absolute atomic E-state index is 0.183. The molecule has 3 rings (SSSR count). The van der Waals surface area contributed by atoms with Gasteiger partial charge in [-0.2, -0.15) is 0 Å². The van der Waals surface area contributed by atoms with E-state index < -0.39 is 0 Å². The minimum atomic E-state index is -0.205. The van der Waals surface area contributed by atoms with Crippen molar-refractivity contribution in [2.24, 2.45) is 11.1 Å². The molecule has 2 heterocycles. The zero-order valence-corrected chi connectivity index (χ0v) is 11.4. The van der Waals surface area contributed by atoms with Gasteiger partial charge < -0.3 is 5.73 Å². The lowest BCUT2D eigenvalue weighted by Gasteiger charge is -2.34. The molecule has 2 fully saturated rings. The van der Waals surface area contributed by atoms with Crippen molar-refractivity contribution in [3.8, 4) is 0 Å². The van der Waals surface area contributed by atoms with E-state index in [1.807, 2.05) is 30.0 Å². The van der Waals surface area contributed by atoms with Crippen molar-refractivity contribution in [3.05, 3.63) is 23.9 Å². The molecular weight excluding hydrogens is 238 g/mol. The van der Waals surface area contributed by atoms with E-state index in [4.69, 9.17) is 5.73 Å². The Kier molecular flexibility index (Phi) is 3.05. The predicted octanol–water partition coefficient (Wildman–Crippen LogP) is 2.01. The lowest BCUT2D eigenvalue weighted by Crippen LogP contribution is -2.42. The summed E-state index contributed by atoms with van der Waals surface area (Å²) in [6, 6.07) is 6.02. The number of rotatable bonds is 1. The number of carbonyl (C=O) groups is 1. The Morgan fingerprint density at radius 2 is 2.26 bits per heavy atom. The molecule has 2 unspecified atom stereocenters. The lowest BCUT2D eigenvalue weighted by atomic mass is 9.71. The second-order valence-electron chi connectivity index (χ2n) is 5.98. The first-order valence-corrected chi connectivity index (χ1v) is 7.12. The highest BCUT2D eigenvalue weighted by Gasteiger charge is 2.49. The van der Waals surface area contributed by atoms with Gasteiger partial charge >= 0.3 is 0 Å². The molecule has 2 atom stereocenters. The summed E-state index contributed by atoms with van der Waals surface area (Å²) in [5.41, 5.74) is 6.82.